The van der Waals surface area contributed by atoms with Crippen LogP contribution in [-0.4, -0.2) is 35.5 Å². The van der Waals surface area contributed by atoms with Gasteiger partial charge < -0.3 is 0 Å². The first-order valence-corrected chi connectivity index (χ1v) is 7.20. The average molecular weight is 379 g/mol. The molecule has 3 aromatic carbocycles. The van der Waals surface area contributed by atoms with Gasteiger partial charge in [0, 0.05) is 21.5 Å². The summed E-state index contributed by atoms with van der Waals surface area (Å²) < 4.78 is 39.0. The number of hydrogen-bond acceptors (Lipinski definition) is 1. The Morgan fingerprint density at radius 2 is 1.58 bits per heavy atom. The van der Waals surface area contributed by atoms with Crippen molar-refractivity contribution in [1.29, 1.82) is 0 Å². The summed E-state index contributed by atoms with van der Waals surface area (Å²) in [5, 5.41) is 2.44. The zero-order valence-corrected chi connectivity index (χ0v) is 12.9. The third kappa shape index (κ3) is 3.50. The molecule has 0 aliphatic rings. The topological polar surface area (TPSA) is 17.1 Å². The molecule has 0 atom stereocenters. The van der Waals surface area contributed by atoms with E-state index in [4.69, 9.17) is 23.2 Å². The third-order valence-electron chi connectivity index (χ3n) is 3.56. The number of rotatable bonds is 1. The quantitative estimate of drug-likeness (QED) is 0.309. The predicted octanol–water partition coefficient (Wildman–Crippen LogP) is 5.51. The maximum absolute atomic E-state index is 13.0. The normalized spacial score (nSPS) is 11.2. The van der Waals surface area contributed by atoms with Crippen LogP contribution < -0.4 is 0 Å². The van der Waals surface area contributed by atoms with Gasteiger partial charge in [-0.05, 0) is 52.1 Å². The van der Waals surface area contributed by atoms with Crippen LogP contribution in [0.1, 0.15) is 11.1 Å². The van der Waals surface area contributed by atoms with E-state index < -0.39 is 11.7 Å². The van der Waals surface area contributed by atoms with E-state index in [1.54, 1.807) is 18.1 Å². The molecule has 7 heteroatoms. The summed E-state index contributed by atoms with van der Waals surface area (Å²) in [4.78, 5) is 10.7. The van der Waals surface area contributed by atoms with Gasteiger partial charge in [-0.1, -0.05) is 29.3 Å². The van der Waals surface area contributed by atoms with Gasteiger partial charge in [0.05, 0.1) is 5.56 Å². The molecule has 0 aliphatic carbocycles. The van der Waals surface area contributed by atoms with Crippen LogP contribution in [0.3, 0.4) is 0 Å². The molecule has 0 amide bonds. The van der Waals surface area contributed by atoms with Crippen LogP contribution in [0.2, 0.25) is 10.0 Å². The number of carbonyl (C=O) groups excluding carboxylic acids is 1. The molecule has 118 valence electrons. The summed E-state index contributed by atoms with van der Waals surface area (Å²) in [5.74, 6) is 1.65. The van der Waals surface area contributed by atoms with Crippen molar-refractivity contribution in [1.82, 2.24) is 0 Å². The Labute approximate surface area is 167 Å². The van der Waals surface area contributed by atoms with Crippen LogP contribution in [-0.2, 0) is 11.0 Å². The second-order valence-electron chi connectivity index (χ2n) is 4.97. The third-order valence-corrected chi connectivity index (χ3v) is 4.09. The van der Waals surface area contributed by atoms with E-state index in [1.165, 1.54) is 18.2 Å². The van der Waals surface area contributed by atoms with E-state index in [2.05, 4.69) is 0 Å². The molecule has 0 aliphatic heterocycles. The molecule has 0 heterocycles. The Morgan fingerprint density at radius 1 is 0.917 bits per heavy atom. The second-order valence-corrected chi connectivity index (χ2v) is 5.81. The monoisotopic (exact) mass is 378 g/mol. The van der Waals surface area contributed by atoms with Crippen molar-refractivity contribution in [2.24, 2.45) is 0 Å². The van der Waals surface area contributed by atoms with Crippen molar-refractivity contribution in [3.63, 3.8) is 0 Å². The van der Waals surface area contributed by atoms with Crippen LogP contribution in [0.15, 0.2) is 36.4 Å². The van der Waals surface area contributed by atoms with Crippen LogP contribution in [0.25, 0.3) is 27.6 Å². The molecule has 3 aromatic rings. The van der Waals surface area contributed by atoms with E-state index in [9.17, 15) is 18.0 Å². The van der Waals surface area contributed by atoms with E-state index in [1.807, 2.05) is 0 Å². The van der Waals surface area contributed by atoms with Crippen molar-refractivity contribution in [3.05, 3.63) is 57.6 Å². The van der Waals surface area contributed by atoms with Crippen molar-refractivity contribution >= 4 is 86.3 Å². The molecule has 0 aromatic heterocycles. The molecule has 0 spiro atoms. The van der Waals surface area contributed by atoms with Gasteiger partial charge in [0.2, 0.25) is 0 Å². The fourth-order valence-electron chi connectivity index (χ4n) is 2.57. The van der Waals surface area contributed by atoms with E-state index in [0.29, 0.717) is 37.2 Å². The Hall–Kier alpha value is -1.00. The fourth-order valence-corrected chi connectivity index (χ4v) is 3.11. The van der Waals surface area contributed by atoms with Crippen LogP contribution >= 0.6 is 23.2 Å². The van der Waals surface area contributed by atoms with E-state index in [-0.39, 0.29) is 29.6 Å². The van der Waals surface area contributed by atoms with Gasteiger partial charge >= 0.3 is 35.7 Å². The van der Waals surface area contributed by atoms with Crippen molar-refractivity contribution < 1.29 is 18.0 Å². The predicted molar refractivity (Wildman–Crippen MR) is 93.8 cm³/mol. The van der Waals surface area contributed by atoms with Crippen molar-refractivity contribution in [2.75, 3.05) is 0 Å². The Morgan fingerprint density at radius 3 is 2.21 bits per heavy atom. The molecule has 0 saturated carbocycles. The molecule has 0 radical (unpaired) electrons. The Balaban J connectivity index is 0.00000208. The molecule has 24 heavy (non-hydrogen) atoms. The second kappa shape index (κ2) is 7.09. The zero-order valence-electron chi connectivity index (χ0n) is 11.3. The van der Waals surface area contributed by atoms with Gasteiger partial charge in [0.25, 0.3) is 0 Å². The molecule has 0 saturated heterocycles. The molecule has 0 N–H and O–H groups in total. The fraction of sp³-hybridized carbons (Fsp3) is 0.0588. The molecular weight excluding hydrogens is 371 g/mol. The number of fused-ring (bicyclic) bond motifs is 3. The molecule has 3 rings (SSSR count). The number of hydrogen-bond donors (Lipinski definition) is 0. The summed E-state index contributed by atoms with van der Waals surface area (Å²) in [6, 6.07) is 8.03. The van der Waals surface area contributed by atoms with Crippen LogP contribution in [0, 0.1) is 0 Å². The van der Waals surface area contributed by atoms with Gasteiger partial charge in [-0.3, -0.25) is 0 Å². The van der Waals surface area contributed by atoms with Gasteiger partial charge in [-0.2, -0.15) is 13.2 Å². The summed E-state index contributed by atoms with van der Waals surface area (Å²) in [6.45, 7) is 0. The van der Waals surface area contributed by atoms with Gasteiger partial charge in [0.15, 0.2) is 0 Å². The summed E-state index contributed by atoms with van der Waals surface area (Å²) in [6.07, 6.45) is -3.31. The SMILES string of the molecule is O=C=Cc1cc2c(Cl)cc(Cl)cc2c2cc(C(F)(F)F)ccc12.[NaH]. The number of halogens is 5. The molecule has 0 unspecified atom stereocenters. The minimum absolute atomic E-state index is 0. The number of alkyl halides is 3. The first kappa shape index (κ1) is 19.3. The van der Waals surface area contributed by atoms with Gasteiger partial charge in [-0.25, -0.2) is 4.79 Å². The van der Waals surface area contributed by atoms with Crippen molar-refractivity contribution in [3.8, 4) is 0 Å². The molecule has 1 nitrogen and oxygen atoms in total. The van der Waals surface area contributed by atoms with E-state index >= 15 is 0 Å². The summed E-state index contributed by atoms with van der Waals surface area (Å²) >= 11 is 12.1. The minimum atomic E-state index is -4.47. The first-order chi connectivity index (χ1) is 10.8. The zero-order chi connectivity index (χ0) is 16.8. The Kier molecular flexibility index (Phi) is 5.71. The maximum atomic E-state index is 13.0. The summed E-state index contributed by atoms with van der Waals surface area (Å²) in [5.41, 5.74) is -0.338. The summed E-state index contributed by atoms with van der Waals surface area (Å²) in [7, 11) is 0. The van der Waals surface area contributed by atoms with Crippen molar-refractivity contribution in [2.45, 2.75) is 6.18 Å². The standard InChI is InChI=1S/C17H7Cl2F3O.Na.H/c18-11-7-14-13-6-10(17(20,21)22)1-2-12(13)9(3-4-23)5-15(14)16(19)8-11;;/h1-3,5-8H;;. The van der Waals surface area contributed by atoms with E-state index in [0.717, 1.165) is 12.1 Å². The van der Waals surface area contributed by atoms with Gasteiger partial charge in [-0.15, -0.1) is 0 Å². The van der Waals surface area contributed by atoms with Crippen LogP contribution in [0.4, 0.5) is 13.2 Å². The molecular formula is C17H8Cl2F3NaO. The Bertz CT molecular complexity index is 993. The van der Waals surface area contributed by atoms with Gasteiger partial charge in [0.1, 0.15) is 5.94 Å². The average Bonchev–Trinajstić information content (AvgIpc) is 2.47. The number of benzene rings is 3. The molecule has 0 bridgehead atoms. The first-order valence-electron chi connectivity index (χ1n) is 6.45. The van der Waals surface area contributed by atoms with Crippen LogP contribution in [0.5, 0.6) is 0 Å². The molecule has 0 fully saturated rings.